The number of non-ortho nitro benzene ring substituents is 1. The molecule has 0 atom stereocenters. The normalized spacial score (nSPS) is 11.6. The summed E-state index contributed by atoms with van der Waals surface area (Å²) in [6.07, 6.45) is 2.62. The quantitative estimate of drug-likeness (QED) is 0.626. The van der Waals surface area contributed by atoms with Crippen molar-refractivity contribution in [2.75, 3.05) is 11.9 Å². The van der Waals surface area contributed by atoms with Crippen molar-refractivity contribution < 1.29 is 10.0 Å². The molecule has 1 aromatic heterocycles. The first kappa shape index (κ1) is 15.1. The minimum atomic E-state index is -0.821. The first-order valence-corrected chi connectivity index (χ1v) is 6.84. The Morgan fingerprint density at radius 2 is 2.05 bits per heavy atom. The van der Waals surface area contributed by atoms with Crippen LogP contribution < -0.4 is 5.32 Å². The Hall–Kier alpha value is -2.28. The Labute approximate surface area is 122 Å². The van der Waals surface area contributed by atoms with Crippen molar-refractivity contribution in [1.82, 2.24) is 9.97 Å². The average molecular weight is 290 g/mol. The zero-order valence-corrected chi connectivity index (χ0v) is 12.0. The number of anilines is 1. The Morgan fingerprint density at radius 3 is 2.67 bits per heavy atom. The van der Waals surface area contributed by atoms with Crippen molar-refractivity contribution >= 4 is 22.4 Å². The lowest BCUT2D eigenvalue weighted by atomic mass is 9.97. The molecule has 0 amide bonds. The minimum Gasteiger partial charge on any atom is -0.388 e. The molecule has 2 N–H and O–H groups in total. The molecule has 0 aliphatic heterocycles. The fraction of sp³-hybridized carbons (Fsp3) is 0.429. The van der Waals surface area contributed by atoms with E-state index in [0.717, 1.165) is 0 Å². The number of aromatic nitrogens is 2. The second-order valence-electron chi connectivity index (χ2n) is 4.97. The van der Waals surface area contributed by atoms with E-state index in [9.17, 15) is 15.2 Å². The third-order valence-corrected chi connectivity index (χ3v) is 3.73. The molecule has 0 fully saturated rings. The number of rotatable bonds is 6. The van der Waals surface area contributed by atoms with E-state index in [4.69, 9.17) is 0 Å². The van der Waals surface area contributed by atoms with E-state index in [2.05, 4.69) is 15.3 Å². The predicted molar refractivity (Wildman–Crippen MR) is 80.2 cm³/mol. The predicted octanol–water partition coefficient (Wildman–Crippen LogP) is 2.50. The fourth-order valence-electron chi connectivity index (χ4n) is 2.05. The summed E-state index contributed by atoms with van der Waals surface area (Å²) in [5.74, 6) is 0.490. The molecule has 0 unspecified atom stereocenters. The van der Waals surface area contributed by atoms with Crippen molar-refractivity contribution in [1.29, 1.82) is 0 Å². The molecule has 1 aromatic carbocycles. The van der Waals surface area contributed by atoms with Crippen molar-refractivity contribution in [2.24, 2.45) is 0 Å². The number of nitro benzene ring substituents is 1. The van der Waals surface area contributed by atoms with Crippen molar-refractivity contribution in [3.8, 4) is 0 Å². The first-order valence-electron chi connectivity index (χ1n) is 6.84. The van der Waals surface area contributed by atoms with Crippen LogP contribution in [0.3, 0.4) is 0 Å². The molecule has 0 aliphatic carbocycles. The van der Waals surface area contributed by atoms with Gasteiger partial charge in [0.25, 0.3) is 5.69 Å². The van der Waals surface area contributed by atoms with Gasteiger partial charge >= 0.3 is 0 Å². The molecule has 1 heterocycles. The molecular formula is C14H18N4O3. The van der Waals surface area contributed by atoms with Gasteiger partial charge < -0.3 is 10.4 Å². The summed E-state index contributed by atoms with van der Waals surface area (Å²) in [6, 6.07) is 4.44. The van der Waals surface area contributed by atoms with Gasteiger partial charge in [0.15, 0.2) is 0 Å². The van der Waals surface area contributed by atoms with Crippen LogP contribution in [0.5, 0.6) is 0 Å². The Bertz CT molecular complexity index is 656. The van der Waals surface area contributed by atoms with Gasteiger partial charge in [0, 0.05) is 24.1 Å². The zero-order chi connectivity index (χ0) is 15.5. The van der Waals surface area contributed by atoms with Crippen LogP contribution in [0.1, 0.15) is 26.7 Å². The van der Waals surface area contributed by atoms with Crippen LogP contribution in [0.15, 0.2) is 24.5 Å². The van der Waals surface area contributed by atoms with E-state index in [1.54, 1.807) is 6.07 Å². The molecule has 0 bridgehead atoms. The second-order valence-corrected chi connectivity index (χ2v) is 4.97. The van der Waals surface area contributed by atoms with Crippen LogP contribution in [0.2, 0.25) is 0 Å². The molecule has 0 saturated carbocycles. The summed E-state index contributed by atoms with van der Waals surface area (Å²) >= 11 is 0. The minimum absolute atomic E-state index is 0.0124. The molecule has 0 radical (unpaired) electrons. The van der Waals surface area contributed by atoms with Crippen molar-refractivity contribution in [3.63, 3.8) is 0 Å². The standard InChI is InChI=1S/C14H18N4O3/c1-3-14(19,4-2)8-15-13-11-7-10(18(20)21)5-6-12(11)16-9-17-13/h5-7,9,19H,3-4,8H2,1-2H3,(H,15,16,17). The van der Waals surface area contributed by atoms with E-state index in [-0.39, 0.29) is 5.69 Å². The van der Waals surface area contributed by atoms with E-state index in [1.807, 2.05) is 13.8 Å². The maximum Gasteiger partial charge on any atom is 0.270 e. The third kappa shape index (κ3) is 3.25. The molecule has 0 spiro atoms. The van der Waals surface area contributed by atoms with E-state index >= 15 is 0 Å². The van der Waals surface area contributed by atoms with Gasteiger partial charge in [-0.2, -0.15) is 0 Å². The molecule has 0 saturated heterocycles. The van der Waals surface area contributed by atoms with Gasteiger partial charge in [0.05, 0.1) is 16.0 Å². The lowest BCUT2D eigenvalue weighted by molar-refractivity contribution is -0.384. The van der Waals surface area contributed by atoms with Crippen LogP contribution in [-0.2, 0) is 0 Å². The van der Waals surface area contributed by atoms with Crippen LogP contribution in [0, 0.1) is 10.1 Å². The van der Waals surface area contributed by atoms with Gasteiger partial charge in [0.1, 0.15) is 12.1 Å². The number of nitrogens with zero attached hydrogens (tertiary/aromatic N) is 3. The molecular weight excluding hydrogens is 272 g/mol. The van der Waals surface area contributed by atoms with Gasteiger partial charge in [-0.3, -0.25) is 10.1 Å². The summed E-state index contributed by atoms with van der Waals surface area (Å²) in [7, 11) is 0. The SMILES string of the molecule is CCC(O)(CC)CNc1ncnc2ccc([N+](=O)[O-])cc12. The summed E-state index contributed by atoms with van der Waals surface area (Å²) in [4.78, 5) is 18.6. The van der Waals surface area contributed by atoms with Crippen molar-refractivity contribution in [3.05, 3.63) is 34.6 Å². The molecule has 7 heteroatoms. The number of nitrogens with one attached hydrogen (secondary N) is 1. The van der Waals surface area contributed by atoms with E-state index < -0.39 is 10.5 Å². The number of fused-ring (bicyclic) bond motifs is 1. The molecule has 0 aliphatic rings. The number of hydrogen-bond acceptors (Lipinski definition) is 6. The van der Waals surface area contributed by atoms with Crippen LogP contribution in [0.4, 0.5) is 11.5 Å². The van der Waals surface area contributed by atoms with Crippen LogP contribution in [0.25, 0.3) is 10.9 Å². The molecule has 112 valence electrons. The first-order chi connectivity index (χ1) is 9.99. The molecule has 2 aromatic rings. The Kier molecular flexibility index (Phi) is 4.32. The zero-order valence-electron chi connectivity index (χ0n) is 12.0. The van der Waals surface area contributed by atoms with Gasteiger partial charge in [-0.25, -0.2) is 9.97 Å². The highest BCUT2D eigenvalue weighted by molar-refractivity contribution is 5.90. The summed E-state index contributed by atoms with van der Waals surface area (Å²) < 4.78 is 0. The van der Waals surface area contributed by atoms with Crippen LogP contribution >= 0.6 is 0 Å². The second kappa shape index (κ2) is 6.01. The maximum absolute atomic E-state index is 10.9. The molecule has 7 nitrogen and oxygen atoms in total. The number of benzene rings is 1. The van der Waals surface area contributed by atoms with E-state index in [0.29, 0.717) is 36.1 Å². The average Bonchev–Trinajstić information content (AvgIpc) is 2.51. The lowest BCUT2D eigenvalue weighted by Gasteiger charge is -2.25. The van der Waals surface area contributed by atoms with Crippen LogP contribution in [-0.4, -0.2) is 32.1 Å². The van der Waals surface area contributed by atoms with Gasteiger partial charge in [0.2, 0.25) is 0 Å². The fourth-order valence-corrected chi connectivity index (χ4v) is 2.05. The number of hydrogen-bond donors (Lipinski definition) is 2. The maximum atomic E-state index is 10.9. The summed E-state index contributed by atoms with van der Waals surface area (Å²) in [6.45, 7) is 4.15. The highest BCUT2D eigenvalue weighted by Gasteiger charge is 2.22. The number of nitro groups is 1. The Balaban J connectivity index is 2.35. The largest absolute Gasteiger partial charge is 0.388 e. The molecule has 2 rings (SSSR count). The summed E-state index contributed by atoms with van der Waals surface area (Å²) in [5, 5.41) is 24.8. The van der Waals surface area contributed by atoms with Gasteiger partial charge in [-0.15, -0.1) is 0 Å². The van der Waals surface area contributed by atoms with E-state index in [1.165, 1.54) is 18.5 Å². The van der Waals surface area contributed by atoms with Crippen molar-refractivity contribution in [2.45, 2.75) is 32.3 Å². The summed E-state index contributed by atoms with van der Waals surface area (Å²) in [5.41, 5.74) is -0.214. The Morgan fingerprint density at radius 1 is 1.33 bits per heavy atom. The monoisotopic (exact) mass is 290 g/mol. The van der Waals surface area contributed by atoms with Gasteiger partial charge in [-0.05, 0) is 18.9 Å². The topological polar surface area (TPSA) is 101 Å². The smallest absolute Gasteiger partial charge is 0.270 e. The van der Waals surface area contributed by atoms with Gasteiger partial charge in [-0.1, -0.05) is 13.8 Å². The third-order valence-electron chi connectivity index (χ3n) is 3.73. The molecule has 21 heavy (non-hydrogen) atoms. The lowest BCUT2D eigenvalue weighted by Crippen LogP contribution is -2.35. The highest BCUT2D eigenvalue weighted by Crippen LogP contribution is 2.25. The number of aliphatic hydroxyl groups is 1. The highest BCUT2D eigenvalue weighted by atomic mass is 16.6.